The van der Waals surface area contributed by atoms with Crippen LogP contribution in [0.1, 0.15) is 43.4 Å². The number of fused-ring (bicyclic) bond motifs is 1. The summed E-state index contributed by atoms with van der Waals surface area (Å²) in [5, 5.41) is 3.14. The van der Waals surface area contributed by atoms with E-state index in [1.165, 1.54) is 0 Å². The normalized spacial score (nSPS) is 14.3. The number of hydrogen-bond donors (Lipinski definition) is 1. The molecule has 2 atom stereocenters. The second-order valence-corrected chi connectivity index (χ2v) is 9.46. The molecule has 1 N–H and O–H groups in total. The Hall–Kier alpha value is -4.03. The molecule has 3 amide bonds. The molecular formula is C30H23BrN2O3. The van der Waals surface area contributed by atoms with E-state index in [4.69, 9.17) is 0 Å². The zero-order valence-electron chi connectivity index (χ0n) is 19.3. The van der Waals surface area contributed by atoms with E-state index in [-0.39, 0.29) is 6.42 Å². The maximum atomic E-state index is 14.0. The Kier molecular flexibility index (Phi) is 6.78. The molecule has 0 aromatic heterocycles. The van der Waals surface area contributed by atoms with Gasteiger partial charge in [-0.15, -0.1) is 0 Å². The summed E-state index contributed by atoms with van der Waals surface area (Å²) >= 11 is 3.61. The zero-order chi connectivity index (χ0) is 25.1. The molecule has 0 saturated heterocycles. The van der Waals surface area contributed by atoms with Crippen LogP contribution in [0.3, 0.4) is 0 Å². The summed E-state index contributed by atoms with van der Waals surface area (Å²) < 4.78 is 0.847. The van der Waals surface area contributed by atoms with E-state index < -0.39 is 29.8 Å². The summed E-state index contributed by atoms with van der Waals surface area (Å²) in [6.07, 6.45) is 0.204. The van der Waals surface area contributed by atoms with Crippen LogP contribution in [0.2, 0.25) is 0 Å². The average molecular weight is 539 g/mol. The summed E-state index contributed by atoms with van der Waals surface area (Å²) in [6.45, 7) is 0. The first-order valence-electron chi connectivity index (χ1n) is 11.6. The molecule has 0 radical (unpaired) electrons. The largest absolute Gasteiger partial charge is 0.343 e. The fraction of sp³-hybridized carbons (Fsp3) is 0.100. The molecule has 4 aromatic carbocycles. The molecule has 36 heavy (non-hydrogen) atoms. The molecule has 2 unspecified atom stereocenters. The van der Waals surface area contributed by atoms with E-state index in [2.05, 4.69) is 21.2 Å². The van der Waals surface area contributed by atoms with Crippen LogP contribution in [-0.4, -0.2) is 28.7 Å². The van der Waals surface area contributed by atoms with Crippen LogP contribution in [0.5, 0.6) is 0 Å². The van der Waals surface area contributed by atoms with Crippen LogP contribution in [0.15, 0.2) is 114 Å². The lowest BCUT2D eigenvalue weighted by Crippen LogP contribution is -2.51. The van der Waals surface area contributed by atoms with Crippen molar-refractivity contribution in [2.75, 3.05) is 0 Å². The number of hydrogen-bond acceptors (Lipinski definition) is 3. The molecule has 0 fully saturated rings. The van der Waals surface area contributed by atoms with Crippen molar-refractivity contribution in [3.05, 3.63) is 141 Å². The Labute approximate surface area is 217 Å². The van der Waals surface area contributed by atoms with Crippen molar-refractivity contribution in [2.45, 2.75) is 18.5 Å². The van der Waals surface area contributed by atoms with E-state index in [1.54, 1.807) is 24.3 Å². The van der Waals surface area contributed by atoms with E-state index in [0.717, 1.165) is 26.1 Å². The lowest BCUT2D eigenvalue weighted by molar-refractivity contribution is -0.125. The molecule has 0 spiro atoms. The maximum Gasteiger partial charge on any atom is 0.262 e. The summed E-state index contributed by atoms with van der Waals surface area (Å²) in [7, 11) is 0. The van der Waals surface area contributed by atoms with Gasteiger partial charge in [0.25, 0.3) is 11.8 Å². The minimum Gasteiger partial charge on any atom is -0.343 e. The first kappa shape index (κ1) is 23.7. The maximum absolute atomic E-state index is 14.0. The fourth-order valence-electron chi connectivity index (χ4n) is 4.56. The van der Waals surface area contributed by atoms with Crippen molar-refractivity contribution >= 4 is 33.7 Å². The summed E-state index contributed by atoms with van der Waals surface area (Å²) in [4.78, 5) is 41.8. The van der Waals surface area contributed by atoms with E-state index in [9.17, 15) is 14.4 Å². The molecule has 0 bridgehead atoms. The third-order valence-electron chi connectivity index (χ3n) is 6.35. The minimum atomic E-state index is -1.02. The van der Waals surface area contributed by atoms with Gasteiger partial charge in [0.15, 0.2) is 0 Å². The molecule has 0 saturated carbocycles. The van der Waals surface area contributed by atoms with Crippen LogP contribution in [0.25, 0.3) is 0 Å². The second kappa shape index (κ2) is 10.3. The second-order valence-electron chi connectivity index (χ2n) is 8.61. The van der Waals surface area contributed by atoms with Crippen molar-refractivity contribution in [3.63, 3.8) is 0 Å². The van der Waals surface area contributed by atoms with Gasteiger partial charge in [-0.25, -0.2) is 0 Å². The Morgan fingerprint density at radius 1 is 0.722 bits per heavy atom. The Morgan fingerprint density at radius 2 is 1.25 bits per heavy atom. The first-order chi connectivity index (χ1) is 17.5. The van der Waals surface area contributed by atoms with Gasteiger partial charge in [-0.2, -0.15) is 0 Å². The molecule has 178 valence electrons. The summed E-state index contributed by atoms with van der Waals surface area (Å²) in [5.74, 6) is -1.31. The molecule has 5 nitrogen and oxygen atoms in total. The lowest BCUT2D eigenvalue weighted by atomic mass is 9.97. The van der Waals surface area contributed by atoms with E-state index in [1.807, 2.05) is 84.9 Å². The monoisotopic (exact) mass is 538 g/mol. The summed E-state index contributed by atoms with van der Waals surface area (Å²) in [6, 6.07) is 31.9. The van der Waals surface area contributed by atoms with Gasteiger partial charge in [0.2, 0.25) is 5.91 Å². The minimum absolute atomic E-state index is 0.204. The van der Waals surface area contributed by atoms with Gasteiger partial charge >= 0.3 is 0 Å². The molecule has 1 aliphatic heterocycles. The molecule has 1 aliphatic rings. The van der Waals surface area contributed by atoms with Crippen LogP contribution < -0.4 is 5.32 Å². The number of nitrogens with zero attached hydrogens (tertiary/aromatic N) is 1. The smallest absolute Gasteiger partial charge is 0.262 e. The highest BCUT2D eigenvalue weighted by Gasteiger charge is 2.43. The number of imide groups is 1. The quantitative estimate of drug-likeness (QED) is 0.313. The lowest BCUT2D eigenvalue weighted by Gasteiger charge is -2.29. The zero-order valence-corrected chi connectivity index (χ0v) is 20.9. The Bertz CT molecular complexity index is 1390. The Morgan fingerprint density at radius 3 is 1.86 bits per heavy atom. The number of benzene rings is 4. The highest BCUT2D eigenvalue weighted by molar-refractivity contribution is 9.10. The van der Waals surface area contributed by atoms with Gasteiger partial charge in [0, 0.05) is 10.9 Å². The number of rotatable bonds is 7. The van der Waals surface area contributed by atoms with Crippen LogP contribution in [-0.2, 0) is 11.2 Å². The number of carbonyl (C=O) groups excluding carboxylic acids is 3. The average Bonchev–Trinajstić information content (AvgIpc) is 3.17. The number of halogens is 1. The van der Waals surface area contributed by atoms with Gasteiger partial charge < -0.3 is 5.32 Å². The number of amides is 3. The summed E-state index contributed by atoms with van der Waals surface area (Å²) in [5.41, 5.74) is 3.25. The van der Waals surface area contributed by atoms with E-state index >= 15 is 0 Å². The SMILES string of the molecule is O=C(NC(c1ccccc1)c1ccccc1Br)C(Cc1ccccc1)N1C(=O)c2ccccc2C1=O. The van der Waals surface area contributed by atoms with Crippen LogP contribution in [0, 0.1) is 0 Å². The van der Waals surface area contributed by atoms with Crippen molar-refractivity contribution < 1.29 is 14.4 Å². The third-order valence-corrected chi connectivity index (χ3v) is 7.07. The molecule has 1 heterocycles. The highest BCUT2D eigenvalue weighted by atomic mass is 79.9. The molecule has 0 aliphatic carbocycles. The topological polar surface area (TPSA) is 66.5 Å². The van der Waals surface area contributed by atoms with Gasteiger partial charge in [-0.3, -0.25) is 19.3 Å². The molecule has 4 aromatic rings. The van der Waals surface area contributed by atoms with Gasteiger partial charge in [-0.1, -0.05) is 107 Å². The van der Waals surface area contributed by atoms with Crippen LogP contribution >= 0.6 is 15.9 Å². The number of carbonyl (C=O) groups is 3. The standard InChI is InChI=1S/C30H23BrN2O3/c31-25-18-10-9-17-24(25)27(21-13-5-2-6-14-21)32-28(34)26(19-20-11-3-1-4-12-20)33-29(35)22-15-7-8-16-23(22)30(33)36/h1-18,26-27H,19H2,(H,32,34). The predicted molar refractivity (Wildman–Crippen MR) is 141 cm³/mol. The van der Waals surface area contributed by atoms with Gasteiger partial charge in [0.05, 0.1) is 17.2 Å². The van der Waals surface area contributed by atoms with Crippen molar-refractivity contribution in [2.24, 2.45) is 0 Å². The third kappa shape index (κ3) is 4.60. The van der Waals surface area contributed by atoms with Gasteiger partial charge in [-0.05, 0) is 34.9 Å². The fourth-order valence-corrected chi connectivity index (χ4v) is 5.08. The molecule has 5 rings (SSSR count). The van der Waals surface area contributed by atoms with Crippen molar-refractivity contribution in [3.8, 4) is 0 Å². The molecule has 6 heteroatoms. The molecular weight excluding hydrogens is 516 g/mol. The highest BCUT2D eigenvalue weighted by Crippen LogP contribution is 2.30. The van der Waals surface area contributed by atoms with Crippen molar-refractivity contribution in [1.29, 1.82) is 0 Å². The Balaban J connectivity index is 1.53. The predicted octanol–water partition coefficient (Wildman–Crippen LogP) is 5.56. The van der Waals surface area contributed by atoms with Crippen LogP contribution in [0.4, 0.5) is 0 Å². The first-order valence-corrected chi connectivity index (χ1v) is 12.4. The van der Waals surface area contributed by atoms with E-state index in [0.29, 0.717) is 11.1 Å². The number of nitrogens with one attached hydrogen (secondary N) is 1. The van der Waals surface area contributed by atoms with Gasteiger partial charge in [0.1, 0.15) is 6.04 Å². The van der Waals surface area contributed by atoms with Crippen molar-refractivity contribution in [1.82, 2.24) is 10.2 Å².